The number of aryl methyl sites for hydroxylation is 1. The fourth-order valence-electron chi connectivity index (χ4n) is 4.71. The molecule has 6 heteroatoms. The SMILES string of the molecule is COc1ccc2c(c1)C=C(CN1CCN(Cc3ccc(OC)c(C)c3)C(CCO)C1)CO2. The highest BCUT2D eigenvalue weighted by atomic mass is 16.5. The third kappa shape index (κ3) is 5.26. The highest BCUT2D eigenvalue weighted by molar-refractivity contribution is 5.64. The van der Waals surface area contributed by atoms with Gasteiger partial charge in [0, 0.05) is 50.9 Å². The summed E-state index contributed by atoms with van der Waals surface area (Å²) >= 11 is 0. The molecule has 0 saturated carbocycles. The van der Waals surface area contributed by atoms with Crippen LogP contribution < -0.4 is 14.2 Å². The number of methoxy groups -OCH3 is 2. The average molecular weight is 439 g/mol. The molecule has 2 heterocycles. The number of benzene rings is 2. The maximum Gasteiger partial charge on any atom is 0.127 e. The summed E-state index contributed by atoms with van der Waals surface area (Å²) in [5.74, 6) is 2.68. The lowest BCUT2D eigenvalue weighted by atomic mass is 10.0. The number of fused-ring (bicyclic) bond motifs is 1. The fourth-order valence-corrected chi connectivity index (χ4v) is 4.71. The molecule has 2 aliphatic rings. The molecule has 6 nitrogen and oxygen atoms in total. The predicted octanol–water partition coefficient (Wildman–Crippen LogP) is 3.36. The lowest BCUT2D eigenvalue weighted by Gasteiger charge is -2.42. The van der Waals surface area contributed by atoms with Crippen LogP contribution in [-0.2, 0) is 6.54 Å². The third-order valence-electron chi connectivity index (χ3n) is 6.41. The van der Waals surface area contributed by atoms with Crippen LogP contribution >= 0.6 is 0 Å². The Balaban J connectivity index is 1.40. The van der Waals surface area contributed by atoms with Crippen LogP contribution in [0.2, 0.25) is 0 Å². The first kappa shape index (κ1) is 22.6. The Morgan fingerprint density at radius 2 is 1.94 bits per heavy atom. The Bertz CT molecular complexity index is 959. The molecule has 2 aliphatic heterocycles. The summed E-state index contributed by atoms with van der Waals surface area (Å²) in [6.45, 7) is 7.60. The molecule has 0 aliphatic carbocycles. The third-order valence-corrected chi connectivity index (χ3v) is 6.41. The molecule has 2 aromatic carbocycles. The van der Waals surface area contributed by atoms with E-state index in [4.69, 9.17) is 14.2 Å². The van der Waals surface area contributed by atoms with Crippen molar-refractivity contribution in [3.8, 4) is 17.2 Å². The van der Waals surface area contributed by atoms with Gasteiger partial charge in [0.15, 0.2) is 0 Å². The molecule has 0 spiro atoms. The zero-order chi connectivity index (χ0) is 22.5. The predicted molar refractivity (Wildman–Crippen MR) is 127 cm³/mol. The van der Waals surface area contributed by atoms with Crippen molar-refractivity contribution < 1.29 is 19.3 Å². The van der Waals surface area contributed by atoms with E-state index in [0.717, 1.165) is 67.5 Å². The van der Waals surface area contributed by atoms with E-state index < -0.39 is 0 Å². The summed E-state index contributed by atoms with van der Waals surface area (Å²) in [5, 5.41) is 9.68. The Kier molecular flexibility index (Phi) is 7.35. The molecule has 1 N–H and O–H groups in total. The van der Waals surface area contributed by atoms with E-state index in [9.17, 15) is 5.11 Å². The number of aliphatic hydroxyl groups is 1. The minimum Gasteiger partial charge on any atom is -0.497 e. The molecule has 0 radical (unpaired) electrons. The maximum absolute atomic E-state index is 9.68. The number of nitrogens with zero attached hydrogens (tertiary/aromatic N) is 2. The Morgan fingerprint density at radius 3 is 2.69 bits per heavy atom. The summed E-state index contributed by atoms with van der Waals surface area (Å²) in [4.78, 5) is 4.98. The minimum atomic E-state index is 0.204. The van der Waals surface area contributed by atoms with Crippen LogP contribution in [0.1, 0.15) is 23.1 Å². The van der Waals surface area contributed by atoms with E-state index in [1.165, 1.54) is 11.1 Å². The summed E-state index contributed by atoms with van der Waals surface area (Å²) < 4.78 is 16.7. The fraction of sp³-hybridized carbons (Fsp3) is 0.462. The number of ether oxygens (including phenoxy) is 3. The van der Waals surface area contributed by atoms with E-state index in [-0.39, 0.29) is 6.61 Å². The van der Waals surface area contributed by atoms with Crippen molar-refractivity contribution in [2.24, 2.45) is 0 Å². The quantitative estimate of drug-likeness (QED) is 0.682. The van der Waals surface area contributed by atoms with Gasteiger partial charge in [0.2, 0.25) is 0 Å². The monoisotopic (exact) mass is 438 g/mol. The highest BCUT2D eigenvalue weighted by Crippen LogP contribution is 2.30. The second-order valence-electron chi connectivity index (χ2n) is 8.67. The van der Waals surface area contributed by atoms with Crippen LogP contribution in [0.25, 0.3) is 6.08 Å². The largest absolute Gasteiger partial charge is 0.497 e. The highest BCUT2D eigenvalue weighted by Gasteiger charge is 2.27. The summed E-state index contributed by atoms with van der Waals surface area (Å²) in [6.07, 6.45) is 3.01. The molecule has 1 fully saturated rings. The molecule has 32 heavy (non-hydrogen) atoms. The summed E-state index contributed by atoms with van der Waals surface area (Å²) in [7, 11) is 3.39. The molecule has 1 saturated heterocycles. The number of hydrogen-bond acceptors (Lipinski definition) is 6. The van der Waals surface area contributed by atoms with E-state index in [0.29, 0.717) is 12.6 Å². The minimum absolute atomic E-state index is 0.204. The van der Waals surface area contributed by atoms with Crippen LogP contribution in [-0.4, -0.2) is 74.6 Å². The van der Waals surface area contributed by atoms with Gasteiger partial charge in [-0.2, -0.15) is 0 Å². The number of aliphatic hydroxyl groups excluding tert-OH is 1. The molecule has 2 aromatic rings. The van der Waals surface area contributed by atoms with Crippen molar-refractivity contribution >= 4 is 6.08 Å². The molecule has 0 bridgehead atoms. The van der Waals surface area contributed by atoms with Crippen molar-refractivity contribution in [2.75, 3.05) is 53.6 Å². The van der Waals surface area contributed by atoms with Gasteiger partial charge in [0.25, 0.3) is 0 Å². The molecule has 172 valence electrons. The number of piperazine rings is 1. The van der Waals surface area contributed by atoms with Crippen molar-refractivity contribution in [1.29, 1.82) is 0 Å². The molecule has 0 amide bonds. The molecule has 1 unspecified atom stereocenters. The van der Waals surface area contributed by atoms with E-state index in [1.807, 2.05) is 24.3 Å². The van der Waals surface area contributed by atoms with Gasteiger partial charge in [-0.15, -0.1) is 0 Å². The number of hydrogen-bond donors (Lipinski definition) is 1. The lowest BCUT2D eigenvalue weighted by molar-refractivity contribution is 0.0574. The van der Waals surface area contributed by atoms with Crippen molar-refractivity contribution in [2.45, 2.75) is 25.9 Å². The molecule has 1 atom stereocenters. The molecule has 0 aromatic heterocycles. The topological polar surface area (TPSA) is 54.4 Å². The van der Waals surface area contributed by atoms with Gasteiger partial charge in [-0.25, -0.2) is 0 Å². The van der Waals surface area contributed by atoms with Gasteiger partial charge in [0.1, 0.15) is 23.9 Å². The summed E-state index contributed by atoms with van der Waals surface area (Å²) in [6, 6.07) is 12.6. The first-order valence-corrected chi connectivity index (χ1v) is 11.3. The second kappa shape index (κ2) is 10.4. The van der Waals surface area contributed by atoms with Crippen LogP contribution in [0.5, 0.6) is 17.2 Å². The smallest absolute Gasteiger partial charge is 0.127 e. The zero-order valence-electron chi connectivity index (χ0n) is 19.3. The van der Waals surface area contributed by atoms with E-state index >= 15 is 0 Å². The van der Waals surface area contributed by atoms with Crippen molar-refractivity contribution in [3.05, 3.63) is 58.7 Å². The van der Waals surface area contributed by atoms with E-state index in [2.05, 4.69) is 34.9 Å². The van der Waals surface area contributed by atoms with Crippen LogP contribution in [0, 0.1) is 6.92 Å². The first-order chi connectivity index (χ1) is 15.6. The zero-order valence-corrected chi connectivity index (χ0v) is 19.3. The van der Waals surface area contributed by atoms with E-state index in [1.54, 1.807) is 14.2 Å². The Labute approximate surface area is 191 Å². The normalized spacial score (nSPS) is 19.1. The Morgan fingerprint density at radius 1 is 1.06 bits per heavy atom. The molecule has 4 rings (SSSR count). The maximum atomic E-state index is 9.68. The van der Waals surface area contributed by atoms with Gasteiger partial charge >= 0.3 is 0 Å². The summed E-state index contributed by atoms with van der Waals surface area (Å²) in [5.41, 5.74) is 4.79. The molecular weight excluding hydrogens is 404 g/mol. The second-order valence-corrected chi connectivity index (χ2v) is 8.67. The van der Waals surface area contributed by atoms with Gasteiger partial charge in [-0.05, 0) is 60.4 Å². The standard InChI is InChI=1S/C26H34N2O4/c1-19-12-20(4-6-25(19)31-3)16-28-10-9-27(17-23(28)8-11-29)15-21-13-22-14-24(30-2)5-7-26(22)32-18-21/h4-7,12-14,23,29H,8-11,15-18H2,1-3H3. The first-order valence-electron chi connectivity index (χ1n) is 11.3. The van der Waals surface area contributed by atoms with Crippen molar-refractivity contribution in [3.63, 3.8) is 0 Å². The van der Waals surface area contributed by atoms with Gasteiger partial charge < -0.3 is 19.3 Å². The van der Waals surface area contributed by atoms with Crippen LogP contribution in [0.15, 0.2) is 42.0 Å². The average Bonchev–Trinajstić information content (AvgIpc) is 2.80. The molecular formula is C26H34N2O4. The van der Waals surface area contributed by atoms with Gasteiger partial charge in [-0.1, -0.05) is 12.1 Å². The van der Waals surface area contributed by atoms with Crippen molar-refractivity contribution in [1.82, 2.24) is 9.80 Å². The number of rotatable bonds is 8. The Hall–Kier alpha value is -2.54. The van der Waals surface area contributed by atoms with Gasteiger partial charge in [0.05, 0.1) is 14.2 Å². The van der Waals surface area contributed by atoms with Gasteiger partial charge in [-0.3, -0.25) is 9.80 Å². The lowest BCUT2D eigenvalue weighted by Crippen LogP contribution is -2.53. The van der Waals surface area contributed by atoms with Crippen LogP contribution in [0.4, 0.5) is 0 Å². The van der Waals surface area contributed by atoms with Crippen LogP contribution in [0.3, 0.4) is 0 Å².